The molecule has 27 heavy (non-hydrogen) atoms. The summed E-state index contributed by atoms with van der Waals surface area (Å²) in [7, 11) is 0. The van der Waals surface area contributed by atoms with E-state index in [0.29, 0.717) is 30.9 Å². The number of carbonyl (C=O) groups is 2. The molecule has 1 fully saturated rings. The minimum absolute atomic E-state index is 0.0216. The van der Waals surface area contributed by atoms with Crippen LogP contribution in [0.25, 0.3) is 0 Å². The van der Waals surface area contributed by atoms with Gasteiger partial charge in [0.1, 0.15) is 0 Å². The molecule has 0 radical (unpaired) electrons. The summed E-state index contributed by atoms with van der Waals surface area (Å²) < 4.78 is 24.1. The van der Waals surface area contributed by atoms with E-state index in [4.69, 9.17) is 9.47 Å². The van der Waals surface area contributed by atoms with Gasteiger partial charge in [-0.3, -0.25) is 9.59 Å². The van der Waals surface area contributed by atoms with Gasteiger partial charge in [-0.25, -0.2) is 4.39 Å². The maximum Gasteiger partial charge on any atom is 0.262 e. The number of hydrogen-bond acceptors (Lipinski definition) is 4. The fraction of sp³-hybridized carbons (Fsp3) is 0.300. The second-order valence-corrected chi connectivity index (χ2v) is 6.28. The van der Waals surface area contributed by atoms with Gasteiger partial charge in [-0.05, 0) is 43.3 Å². The minimum Gasteiger partial charge on any atom is -0.481 e. The zero-order chi connectivity index (χ0) is 19.2. The van der Waals surface area contributed by atoms with Crippen LogP contribution in [0.15, 0.2) is 48.5 Å². The molecule has 1 saturated heterocycles. The summed E-state index contributed by atoms with van der Waals surface area (Å²) in [6.45, 7) is 3.28. The maximum absolute atomic E-state index is 13.5. The van der Waals surface area contributed by atoms with E-state index >= 15 is 0 Å². The van der Waals surface area contributed by atoms with Gasteiger partial charge in [0.05, 0.1) is 12.7 Å². The Kier molecular flexibility index (Phi) is 6.03. The first-order valence-electron chi connectivity index (χ1n) is 8.71. The Morgan fingerprint density at radius 3 is 2.67 bits per heavy atom. The molecule has 0 bridgehead atoms. The first kappa shape index (κ1) is 18.8. The number of carbonyl (C=O) groups excluding carboxylic acids is 2. The largest absolute Gasteiger partial charge is 0.481 e. The highest BCUT2D eigenvalue weighted by Crippen LogP contribution is 2.16. The van der Waals surface area contributed by atoms with Gasteiger partial charge >= 0.3 is 0 Å². The molecule has 1 N–H and O–H groups in total. The van der Waals surface area contributed by atoms with Gasteiger partial charge in [0.15, 0.2) is 18.2 Å². The lowest BCUT2D eigenvalue weighted by Crippen LogP contribution is -2.44. The monoisotopic (exact) mass is 372 g/mol. The van der Waals surface area contributed by atoms with Crippen LogP contribution in [0, 0.1) is 5.82 Å². The Balaban J connectivity index is 1.53. The van der Waals surface area contributed by atoms with Crippen molar-refractivity contribution < 1.29 is 23.5 Å². The third-order valence-electron chi connectivity index (χ3n) is 4.14. The van der Waals surface area contributed by atoms with Crippen molar-refractivity contribution in [2.45, 2.75) is 13.0 Å². The third-order valence-corrected chi connectivity index (χ3v) is 4.14. The molecule has 2 aromatic carbocycles. The molecule has 7 heteroatoms. The van der Waals surface area contributed by atoms with Crippen LogP contribution in [0.3, 0.4) is 0 Å². The SMILES string of the molecule is CC1CN(C(=O)c2ccc(NC(=O)COc3ccccc3F)cc2)CCO1. The molecule has 6 nitrogen and oxygen atoms in total. The number of halogens is 1. The molecule has 1 aliphatic rings. The van der Waals surface area contributed by atoms with E-state index < -0.39 is 11.7 Å². The molecule has 0 aliphatic carbocycles. The molecular weight excluding hydrogens is 351 g/mol. The summed E-state index contributed by atoms with van der Waals surface area (Å²) in [6.07, 6.45) is 0.0238. The van der Waals surface area contributed by atoms with Crippen LogP contribution in [-0.4, -0.2) is 49.1 Å². The molecule has 0 spiro atoms. The zero-order valence-corrected chi connectivity index (χ0v) is 15.0. The Morgan fingerprint density at radius 2 is 1.96 bits per heavy atom. The highest BCUT2D eigenvalue weighted by atomic mass is 19.1. The fourth-order valence-corrected chi connectivity index (χ4v) is 2.78. The van der Waals surface area contributed by atoms with Crippen molar-refractivity contribution >= 4 is 17.5 Å². The molecule has 2 amide bonds. The standard InChI is InChI=1S/C20H21FN2O4/c1-14-12-23(10-11-26-14)20(25)15-6-8-16(9-7-15)22-19(24)13-27-18-5-3-2-4-17(18)21/h2-9,14H,10-13H2,1H3,(H,22,24). The summed E-state index contributed by atoms with van der Waals surface area (Å²) in [6, 6.07) is 12.5. The first-order valence-corrected chi connectivity index (χ1v) is 8.71. The van der Waals surface area contributed by atoms with Crippen molar-refractivity contribution in [3.63, 3.8) is 0 Å². The molecule has 1 atom stereocenters. The predicted octanol–water partition coefficient (Wildman–Crippen LogP) is 2.70. The smallest absolute Gasteiger partial charge is 0.262 e. The van der Waals surface area contributed by atoms with Gasteiger partial charge in [-0.15, -0.1) is 0 Å². The lowest BCUT2D eigenvalue weighted by molar-refractivity contribution is -0.118. The molecule has 3 rings (SSSR count). The van der Waals surface area contributed by atoms with Crippen molar-refractivity contribution in [1.82, 2.24) is 4.90 Å². The van der Waals surface area contributed by atoms with Crippen LogP contribution in [0.5, 0.6) is 5.75 Å². The number of anilines is 1. The summed E-state index contributed by atoms with van der Waals surface area (Å²) in [5.74, 6) is -0.982. The van der Waals surface area contributed by atoms with E-state index in [1.807, 2.05) is 6.92 Å². The molecule has 142 valence electrons. The summed E-state index contributed by atoms with van der Waals surface area (Å²) >= 11 is 0. The number of benzene rings is 2. The second kappa shape index (κ2) is 8.64. The topological polar surface area (TPSA) is 67.9 Å². The van der Waals surface area contributed by atoms with Gasteiger partial charge in [-0.2, -0.15) is 0 Å². The molecule has 0 saturated carbocycles. The number of morpholine rings is 1. The number of amides is 2. The fourth-order valence-electron chi connectivity index (χ4n) is 2.78. The first-order chi connectivity index (χ1) is 13.0. The van der Waals surface area contributed by atoms with E-state index in [1.54, 1.807) is 41.3 Å². The molecule has 0 aromatic heterocycles. The highest BCUT2D eigenvalue weighted by molar-refractivity contribution is 5.96. The Hall–Kier alpha value is -2.93. The van der Waals surface area contributed by atoms with E-state index in [0.717, 1.165) is 0 Å². The molecule has 1 heterocycles. The van der Waals surface area contributed by atoms with Crippen molar-refractivity contribution in [3.05, 3.63) is 59.9 Å². The molecule has 1 unspecified atom stereocenters. The number of ether oxygens (including phenoxy) is 2. The number of nitrogens with zero attached hydrogens (tertiary/aromatic N) is 1. The zero-order valence-electron chi connectivity index (χ0n) is 15.0. The van der Waals surface area contributed by atoms with Gasteiger partial charge in [-0.1, -0.05) is 12.1 Å². The van der Waals surface area contributed by atoms with E-state index in [-0.39, 0.29) is 24.4 Å². The maximum atomic E-state index is 13.5. The number of para-hydroxylation sites is 1. The van der Waals surface area contributed by atoms with E-state index in [2.05, 4.69) is 5.32 Å². The van der Waals surface area contributed by atoms with Gasteiger partial charge in [0.25, 0.3) is 11.8 Å². The Labute approximate surface area is 156 Å². The Morgan fingerprint density at radius 1 is 1.22 bits per heavy atom. The summed E-state index contributed by atoms with van der Waals surface area (Å²) in [5, 5.41) is 2.65. The molecule has 2 aromatic rings. The highest BCUT2D eigenvalue weighted by Gasteiger charge is 2.22. The Bertz CT molecular complexity index is 810. The van der Waals surface area contributed by atoms with Gasteiger partial charge in [0.2, 0.25) is 0 Å². The van der Waals surface area contributed by atoms with Gasteiger partial charge < -0.3 is 19.7 Å². The normalized spacial score (nSPS) is 16.7. The van der Waals surface area contributed by atoms with Crippen LogP contribution < -0.4 is 10.1 Å². The number of rotatable bonds is 5. The lowest BCUT2D eigenvalue weighted by Gasteiger charge is -2.31. The molecular formula is C20H21FN2O4. The van der Waals surface area contributed by atoms with Crippen LogP contribution in [0.1, 0.15) is 17.3 Å². The molecule has 1 aliphatic heterocycles. The van der Waals surface area contributed by atoms with E-state index in [9.17, 15) is 14.0 Å². The van der Waals surface area contributed by atoms with Crippen LogP contribution in [0.4, 0.5) is 10.1 Å². The van der Waals surface area contributed by atoms with Crippen molar-refractivity contribution in [2.75, 3.05) is 31.6 Å². The van der Waals surface area contributed by atoms with Gasteiger partial charge in [0, 0.05) is 24.3 Å². The van der Waals surface area contributed by atoms with Crippen LogP contribution >= 0.6 is 0 Å². The van der Waals surface area contributed by atoms with Crippen molar-refractivity contribution in [3.8, 4) is 5.75 Å². The lowest BCUT2D eigenvalue weighted by atomic mass is 10.1. The third kappa shape index (κ3) is 5.04. The average Bonchev–Trinajstić information content (AvgIpc) is 2.67. The quantitative estimate of drug-likeness (QED) is 0.876. The second-order valence-electron chi connectivity index (χ2n) is 6.28. The average molecular weight is 372 g/mol. The van der Waals surface area contributed by atoms with Crippen LogP contribution in [-0.2, 0) is 9.53 Å². The van der Waals surface area contributed by atoms with Crippen LogP contribution in [0.2, 0.25) is 0 Å². The van der Waals surface area contributed by atoms with Crippen molar-refractivity contribution in [1.29, 1.82) is 0 Å². The number of nitrogens with one attached hydrogen (secondary N) is 1. The summed E-state index contributed by atoms with van der Waals surface area (Å²) in [5.41, 5.74) is 1.08. The van der Waals surface area contributed by atoms with E-state index in [1.165, 1.54) is 12.1 Å². The van der Waals surface area contributed by atoms with Crippen molar-refractivity contribution in [2.24, 2.45) is 0 Å². The predicted molar refractivity (Wildman–Crippen MR) is 98.3 cm³/mol. The summed E-state index contributed by atoms with van der Waals surface area (Å²) in [4.78, 5) is 26.2. The minimum atomic E-state index is -0.523. The number of hydrogen-bond donors (Lipinski definition) is 1.